The smallest absolute Gasteiger partial charge is 0.335 e. The normalized spacial score (nSPS) is 11.3. The fourth-order valence-corrected chi connectivity index (χ4v) is 13.5. The van der Waals surface area contributed by atoms with Crippen molar-refractivity contribution in [3.8, 4) is 17.2 Å². The van der Waals surface area contributed by atoms with E-state index in [0.717, 1.165) is 12.0 Å². The van der Waals surface area contributed by atoms with Gasteiger partial charge in [-0.25, -0.2) is 4.79 Å². The highest BCUT2D eigenvalue weighted by Gasteiger charge is 2.28. The Balaban J connectivity index is 0.000000380. The van der Waals surface area contributed by atoms with Crippen LogP contribution in [-0.4, -0.2) is 27.7 Å². The molecule has 0 radical (unpaired) electrons. The van der Waals surface area contributed by atoms with Gasteiger partial charge in [0.25, 0.3) is 0 Å². The largest absolute Gasteiger partial charge is 0.478 e. The number of hydrogen-bond donors (Lipinski definition) is 1. The zero-order chi connectivity index (χ0) is 31.6. The number of unbranched alkanes of at least 4 members (excludes halogenated alkanes) is 9. The summed E-state index contributed by atoms with van der Waals surface area (Å²) in [7, 11) is -2.81. The van der Waals surface area contributed by atoms with Gasteiger partial charge < -0.3 is 9.22 Å². The first-order valence-corrected chi connectivity index (χ1v) is 22.6. The molecular formula is C37H53NO3Si2. The summed E-state index contributed by atoms with van der Waals surface area (Å²) in [5, 5.41) is 17.6. The topological polar surface area (TPSA) is 70.3 Å². The van der Waals surface area contributed by atoms with E-state index in [1.54, 1.807) is 12.1 Å². The van der Waals surface area contributed by atoms with Crippen LogP contribution in [0.1, 0.15) is 85.7 Å². The first-order valence-electron chi connectivity index (χ1n) is 16.1. The molecule has 0 unspecified atom stereocenters. The lowest BCUT2D eigenvalue weighted by atomic mass is 10.0. The van der Waals surface area contributed by atoms with Crippen molar-refractivity contribution >= 4 is 22.6 Å². The number of carboxylic acid groups (broad SMARTS) is 1. The van der Waals surface area contributed by atoms with Crippen molar-refractivity contribution < 1.29 is 14.0 Å². The molecule has 4 nitrogen and oxygen atoms in total. The number of carbonyl (C=O) groups is 1. The van der Waals surface area contributed by atoms with Gasteiger partial charge in [-0.3, -0.25) is 0 Å². The lowest BCUT2D eigenvalue weighted by Gasteiger charge is -2.31. The number of nitrogens with zero attached hydrogens (tertiary/aromatic N) is 1. The number of benzene rings is 3. The lowest BCUT2D eigenvalue weighted by Crippen LogP contribution is -2.42. The Hall–Kier alpha value is -2.99. The van der Waals surface area contributed by atoms with Gasteiger partial charge in [-0.05, 0) is 92.6 Å². The van der Waals surface area contributed by atoms with Crippen LogP contribution in [0.3, 0.4) is 0 Å². The quantitative estimate of drug-likeness (QED) is 0.121. The molecule has 43 heavy (non-hydrogen) atoms. The molecule has 0 heterocycles. The van der Waals surface area contributed by atoms with Gasteiger partial charge in [0.05, 0.1) is 17.2 Å². The van der Waals surface area contributed by atoms with Gasteiger partial charge in [-0.15, -0.1) is 0 Å². The average molecular weight is 616 g/mol. The molecule has 0 amide bonds. The number of aryl methyl sites for hydroxylation is 1. The van der Waals surface area contributed by atoms with Crippen LogP contribution in [0.2, 0.25) is 38.8 Å². The van der Waals surface area contributed by atoms with E-state index >= 15 is 0 Å². The first kappa shape index (κ1) is 36.2. The summed E-state index contributed by atoms with van der Waals surface area (Å²) in [6.07, 6.45) is 14.4. The minimum absolute atomic E-state index is 0.374. The molecular weight excluding hydrogens is 563 g/mol. The highest BCUT2D eigenvalue weighted by molar-refractivity contribution is 6.84. The van der Waals surface area contributed by atoms with Gasteiger partial charge in [0.1, 0.15) is 0 Å². The molecule has 0 aliphatic carbocycles. The Labute approximate surface area is 263 Å². The predicted molar refractivity (Wildman–Crippen MR) is 187 cm³/mol. The molecule has 0 spiro atoms. The van der Waals surface area contributed by atoms with E-state index in [2.05, 4.69) is 50.9 Å². The third-order valence-electron chi connectivity index (χ3n) is 7.40. The minimum atomic E-state index is -1.43. The SMILES string of the molecule is C[Si](C)(C)O[Si](C)(C)CCCCCCCCCCCCc1ccc(C(=O)O)cc1.N#Cc1ccc(-c2ccccc2)cc1. The summed E-state index contributed by atoms with van der Waals surface area (Å²) < 4.78 is 6.41. The molecule has 0 fully saturated rings. The summed E-state index contributed by atoms with van der Waals surface area (Å²) in [5.74, 6) is -0.849. The van der Waals surface area contributed by atoms with Crippen molar-refractivity contribution in [1.82, 2.24) is 0 Å². The molecule has 6 heteroatoms. The number of nitriles is 1. The van der Waals surface area contributed by atoms with E-state index in [-0.39, 0.29) is 0 Å². The maximum atomic E-state index is 10.9. The van der Waals surface area contributed by atoms with Crippen molar-refractivity contribution in [1.29, 1.82) is 5.26 Å². The highest BCUT2D eigenvalue weighted by Crippen LogP contribution is 2.22. The van der Waals surface area contributed by atoms with Crippen LogP contribution in [-0.2, 0) is 10.5 Å². The molecule has 0 aromatic heterocycles. The van der Waals surface area contributed by atoms with Crippen LogP contribution >= 0.6 is 0 Å². The molecule has 3 rings (SSSR count). The standard InChI is InChI=1S/C24H44O3Si2.C13H9N/c1-28(2,3)27-29(4,5)21-15-13-11-9-7-6-8-10-12-14-16-22-17-19-23(20-18-22)24(25)26;14-10-11-6-8-13(9-7-11)12-4-2-1-3-5-12/h17-20H,6-16,21H2,1-5H3,(H,25,26);1-9H. The zero-order valence-electron chi connectivity index (χ0n) is 27.2. The second-order valence-corrected chi connectivity index (χ2v) is 22.1. The zero-order valence-corrected chi connectivity index (χ0v) is 29.2. The number of hydrogen-bond acceptors (Lipinski definition) is 3. The van der Waals surface area contributed by atoms with Gasteiger partial charge in [-0.2, -0.15) is 5.26 Å². The van der Waals surface area contributed by atoms with E-state index in [1.165, 1.54) is 81.4 Å². The number of carboxylic acids is 1. The molecule has 0 atom stereocenters. The maximum absolute atomic E-state index is 10.9. The summed E-state index contributed by atoms with van der Waals surface area (Å²) in [5.41, 5.74) is 4.64. The van der Waals surface area contributed by atoms with E-state index in [0.29, 0.717) is 11.1 Å². The Bertz CT molecular complexity index is 1230. The molecule has 3 aromatic rings. The van der Waals surface area contributed by atoms with Gasteiger partial charge in [-0.1, -0.05) is 112 Å². The van der Waals surface area contributed by atoms with Gasteiger partial charge >= 0.3 is 5.97 Å². The van der Waals surface area contributed by atoms with Crippen LogP contribution in [0.15, 0.2) is 78.9 Å². The predicted octanol–water partition coefficient (Wildman–Crippen LogP) is 11.1. The van der Waals surface area contributed by atoms with Crippen LogP contribution in [0.5, 0.6) is 0 Å². The molecule has 3 aromatic carbocycles. The Morgan fingerprint density at radius 1 is 0.674 bits per heavy atom. The van der Waals surface area contributed by atoms with E-state index in [1.807, 2.05) is 54.6 Å². The van der Waals surface area contributed by atoms with Gasteiger partial charge in [0.2, 0.25) is 0 Å². The van der Waals surface area contributed by atoms with Crippen molar-refractivity contribution in [2.75, 3.05) is 0 Å². The van der Waals surface area contributed by atoms with Crippen molar-refractivity contribution in [3.05, 3.63) is 95.6 Å². The molecule has 1 N–H and O–H groups in total. The summed E-state index contributed by atoms with van der Waals surface area (Å²) in [6, 6.07) is 28.5. The van der Waals surface area contributed by atoms with Crippen LogP contribution in [0.4, 0.5) is 0 Å². The lowest BCUT2D eigenvalue weighted by molar-refractivity contribution is 0.0697. The second-order valence-electron chi connectivity index (χ2n) is 13.1. The van der Waals surface area contributed by atoms with Crippen molar-refractivity contribution in [2.45, 2.75) is 109 Å². The maximum Gasteiger partial charge on any atom is 0.335 e. The van der Waals surface area contributed by atoms with E-state index in [4.69, 9.17) is 14.5 Å². The van der Waals surface area contributed by atoms with E-state index < -0.39 is 22.6 Å². The second kappa shape index (κ2) is 19.3. The fourth-order valence-electron chi connectivity index (χ4n) is 5.36. The monoisotopic (exact) mass is 615 g/mol. The molecule has 0 bridgehead atoms. The molecule has 232 valence electrons. The van der Waals surface area contributed by atoms with Crippen molar-refractivity contribution in [3.63, 3.8) is 0 Å². The molecule has 0 aliphatic rings. The first-order chi connectivity index (χ1) is 20.5. The van der Waals surface area contributed by atoms with Crippen LogP contribution in [0, 0.1) is 11.3 Å². The van der Waals surface area contributed by atoms with Gasteiger partial charge in [0.15, 0.2) is 16.6 Å². The summed E-state index contributed by atoms with van der Waals surface area (Å²) in [6.45, 7) is 11.7. The number of aromatic carboxylic acids is 1. The third kappa shape index (κ3) is 16.4. The Morgan fingerprint density at radius 3 is 1.65 bits per heavy atom. The average Bonchev–Trinajstić information content (AvgIpc) is 2.97. The minimum Gasteiger partial charge on any atom is -0.478 e. The van der Waals surface area contributed by atoms with Gasteiger partial charge in [0, 0.05) is 0 Å². The molecule has 0 saturated carbocycles. The fraction of sp³-hybridized carbons (Fsp3) is 0.459. The Kier molecular flexibility index (Phi) is 16.3. The van der Waals surface area contributed by atoms with Crippen molar-refractivity contribution in [2.24, 2.45) is 0 Å². The summed E-state index contributed by atoms with van der Waals surface area (Å²) in [4.78, 5) is 10.9. The van der Waals surface area contributed by atoms with E-state index in [9.17, 15) is 4.79 Å². The van der Waals surface area contributed by atoms with Crippen LogP contribution in [0.25, 0.3) is 11.1 Å². The van der Waals surface area contributed by atoms with Crippen LogP contribution < -0.4 is 0 Å². The Morgan fingerprint density at radius 2 is 1.16 bits per heavy atom. The molecule has 0 aliphatic heterocycles. The summed E-state index contributed by atoms with van der Waals surface area (Å²) >= 11 is 0. The highest BCUT2D eigenvalue weighted by atomic mass is 28.4. The molecule has 0 saturated heterocycles. The third-order valence-corrected chi connectivity index (χ3v) is 13.6. The number of rotatable bonds is 17.